The van der Waals surface area contributed by atoms with Gasteiger partial charge in [0.1, 0.15) is 5.70 Å². The van der Waals surface area contributed by atoms with Crippen LogP contribution in [0.5, 0.6) is 0 Å². The third kappa shape index (κ3) is 3.89. The Balaban J connectivity index is 0.00000225. The van der Waals surface area contributed by atoms with E-state index in [4.69, 9.17) is 11.6 Å². The van der Waals surface area contributed by atoms with Crippen LogP contribution in [-0.4, -0.2) is 90.5 Å². The molecule has 1 aromatic rings. The number of rotatable bonds is 5. The molecule has 0 spiro atoms. The minimum absolute atomic E-state index is 0. The van der Waals surface area contributed by atoms with E-state index in [2.05, 4.69) is 0 Å². The van der Waals surface area contributed by atoms with Crippen molar-refractivity contribution in [2.45, 2.75) is 31.7 Å². The molecule has 1 saturated heterocycles. The van der Waals surface area contributed by atoms with Gasteiger partial charge in [0.2, 0.25) is 5.91 Å². The predicted octanol–water partition coefficient (Wildman–Crippen LogP) is 2.35. The summed E-state index contributed by atoms with van der Waals surface area (Å²) in [7, 11) is 0. The molecule has 3 rings (SSSR count). The number of carboxylic acids is 1. The largest absolute Gasteiger partial charge is 0.477 e. The van der Waals surface area contributed by atoms with E-state index < -0.39 is 18.0 Å². The van der Waals surface area contributed by atoms with Crippen LogP contribution in [0.4, 0.5) is 0 Å². The van der Waals surface area contributed by atoms with Crippen molar-refractivity contribution in [3.8, 4) is 0 Å². The van der Waals surface area contributed by atoms with Crippen molar-refractivity contribution in [2.75, 3.05) is 0 Å². The van der Waals surface area contributed by atoms with E-state index in [9.17, 15) is 19.8 Å². The van der Waals surface area contributed by atoms with E-state index in [1.165, 1.54) is 16.7 Å². The van der Waals surface area contributed by atoms with Gasteiger partial charge < -0.3 is 15.1 Å². The zero-order chi connectivity index (χ0) is 17.6. The third-order valence-corrected chi connectivity index (χ3v) is 6.22. The van der Waals surface area contributed by atoms with Crippen molar-refractivity contribution in [3.05, 3.63) is 45.5 Å². The number of aliphatic hydroxyl groups excluding tert-OH is 1. The van der Waals surface area contributed by atoms with Crippen LogP contribution in [0, 0.1) is 11.8 Å². The normalized spacial score (nSPS) is 26.0. The molecule has 1 aromatic carbocycles. The molecule has 129 valence electrons. The summed E-state index contributed by atoms with van der Waals surface area (Å²) in [6, 6.07) is 7.12. The molecule has 1 radical (unpaired) electrons. The number of amides is 1. The fourth-order valence-corrected chi connectivity index (χ4v) is 4.82. The summed E-state index contributed by atoms with van der Waals surface area (Å²) >= 11 is 7.30. The number of carbonyl (C=O) groups excluding carboxylic acids is 1. The summed E-state index contributed by atoms with van der Waals surface area (Å²) in [5.74, 6) is -1.43. The third-order valence-electron chi connectivity index (χ3n) is 4.62. The SMILES string of the molecule is C[C@@H](O)[C@H]1C(=O)N2C(C(=O)O)=C(SCc3ccc(Cl)cc3)[C@H](C)[C@H]12.[K]. The summed E-state index contributed by atoms with van der Waals surface area (Å²) in [6.07, 6.45) is -0.781. The molecule has 2 aliphatic heterocycles. The summed E-state index contributed by atoms with van der Waals surface area (Å²) in [5.41, 5.74) is 1.09. The van der Waals surface area contributed by atoms with Crippen LogP contribution in [0.1, 0.15) is 19.4 Å². The minimum Gasteiger partial charge on any atom is -0.477 e. The summed E-state index contributed by atoms with van der Waals surface area (Å²) < 4.78 is 0. The van der Waals surface area contributed by atoms with Crippen molar-refractivity contribution in [3.63, 3.8) is 0 Å². The van der Waals surface area contributed by atoms with Gasteiger partial charge in [-0.05, 0) is 24.6 Å². The van der Waals surface area contributed by atoms with Crippen molar-refractivity contribution in [2.24, 2.45) is 11.8 Å². The molecule has 2 N–H and O–H groups in total. The second-order valence-electron chi connectivity index (χ2n) is 6.19. The second-order valence-corrected chi connectivity index (χ2v) is 7.64. The maximum Gasteiger partial charge on any atom is 0.353 e. The average molecular weight is 407 g/mol. The van der Waals surface area contributed by atoms with E-state index in [1.54, 1.807) is 19.1 Å². The van der Waals surface area contributed by atoms with Crippen LogP contribution in [0.3, 0.4) is 0 Å². The van der Waals surface area contributed by atoms with Crippen LogP contribution in [0.25, 0.3) is 0 Å². The zero-order valence-electron chi connectivity index (χ0n) is 14.3. The Morgan fingerprint density at radius 1 is 1.36 bits per heavy atom. The summed E-state index contributed by atoms with van der Waals surface area (Å²) in [4.78, 5) is 26.0. The van der Waals surface area contributed by atoms with Crippen LogP contribution in [0.15, 0.2) is 34.9 Å². The molecule has 2 aliphatic rings. The molecule has 0 aliphatic carbocycles. The molecule has 8 heteroatoms. The zero-order valence-corrected chi connectivity index (χ0v) is 19.0. The molecular formula is C17H18ClKNO4S. The number of hydrogen-bond acceptors (Lipinski definition) is 4. The van der Waals surface area contributed by atoms with Gasteiger partial charge in [-0.25, -0.2) is 4.79 Å². The Morgan fingerprint density at radius 2 is 1.96 bits per heavy atom. The molecule has 4 atom stereocenters. The standard InChI is InChI=1S/C17H18ClNO4S.K/c1-8-13-12(9(2)20)16(21)19(13)14(17(22)23)15(8)24-7-10-3-5-11(18)6-4-10;/h3-6,8-9,12-13,20H,7H2,1-2H3,(H,22,23);/t8-,9-,12-,13-;/m1./s1. The first-order valence-corrected chi connectivity index (χ1v) is 9.05. The number of aliphatic carboxylic acids is 1. The van der Waals surface area contributed by atoms with Gasteiger partial charge >= 0.3 is 5.97 Å². The molecule has 5 nitrogen and oxygen atoms in total. The van der Waals surface area contributed by atoms with Gasteiger partial charge in [0.15, 0.2) is 0 Å². The van der Waals surface area contributed by atoms with Crippen LogP contribution in [0.2, 0.25) is 5.02 Å². The minimum atomic E-state index is -1.10. The Morgan fingerprint density at radius 3 is 2.48 bits per heavy atom. The predicted molar refractivity (Wildman–Crippen MR) is 98.1 cm³/mol. The van der Waals surface area contributed by atoms with Crippen LogP contribution < -0.4 is 0 Å². The van der Waals surface area contributed by atoms with E-state index >= 15 is 0 Å². The Labute approximate surface area is 198 Å². The second kappa shape index (κ2) is 8.44. The first-order chi connectivity index (χ1) is 11.3. The van der Waals surface area contributed by atoms with E-state index in [0.29, 0.717) is 15.7 Å². The van der Waals surface area contributed by atoms with Gasteiger partial charge in [0.25, 0.3) is 0 Å². The van der Waals surface area contributed by atoms with Crippen LogP contribution in [-0.2, 0) is 15.3 Å². The monoisotopic (exact) mass is 406 g/mol. The number of carbonyl (C=O) groups is 2. The van der Waals surface area contributed by atoms with Gasteiger partial charge in [0, 0.05) is 73.0 Å². The Bertz CT molecular complexity index is 722. The quantitative estimate of drug-likeness (QED) is 0.579. The van der Waals surface area contributed by atoms with Gasteiger partial charge in [-0.1, -0.05) is 30.7 Å². The molecular weight excluding hydrogens is 389 g/mol. The van der Waals surface area contributed by atoms with Crippen molar-refractivity contribution in [1.29, 1.82) is 0 Å². The molecule has 25 heavy (non-hydrogen) atoms. The number of benzene rings is 1. The van der Waals surface area contributed by atoms with E-state index in [0.717, 1.165) is 5.56 Å². The molecule has 0 bridgehead atoms. The van der Waals surface area contributed by atoms with Crippen molar-refractivity contribution in [1.82, 2.24) is 4.90 Å². The van der Waals surface area contributed by atoms with Gasteiger partial charge in [-0.15, -0.1) is 11.8 Å². The fourth-order valence-electron chi connectivity index (χ4n) is 3.46. The summed E-state index contributed by atoms with van der Waals surface area (Å²) in [5, 5.41) is 20.0. The molecule has 0 saturated carbocycles. The van der Waals surface area contributed by atoms with Crippen molar-refractivity contribution >= 4 is 86.6 Å². The topological polar surface area (TPSA) is 77.8 Å². The van der Waals surface area contributed by atoms with Crippen LogP contribution >= 0.6 is 23.4 Å². The Hall–Kier alpha value is 0.136. The fraction of sp³-hybridized carbons (Fsp3) is 0.412. The van der Waals surface area contributed by atoms with Crippen molar-refractivity contribution < 1.29 is 19.8 Å². The van der Waals surface area contributed by atoms with Gasteiger partial charge in [0.05, 0.1) is 18.1 Å². The molecule has 0 unspecified atom stereocenters. The number of nitrogens with zero attached hydrogens (tertiary/aromatic N) is 1. The molecule has 1 amide bonds. The average Bonchev–Trinajstić information content (AvgIpc) is 2.76. The smallest absolute Gasteiger partial charge is 0.353 e. The first-order valence-electron chi connectivity index (χ1n) is 7.68. The molecule has 1 fully saturated rings. The van der Waals surface area contributed by atoms with E-state index in [1.807, 2.05) is 19.1 Å². The van der Waals surface area contributed by atoms with E-state index in [-0.39, 0.29) is 74.9 Å². The maximum atomic E-state index is 12.2. The maximum absolute atomic E-state index is 12.2. The number of hydrogen-bond donors (Lipinski definition) is 2. The number of carboxylic acid groups (broad SMARTS) is 1. The number of halogens is 1. The molecule has 0 aromatic heterocycles. The number of fused-ring (bicyclic) bond motifs is 1. The first kappa shape index (κ1) is 21.4. The number of β-lactam (4-membered cyclic amide) rings is 1. The van der Waals surface area contributed by atoms with Gasteiger partial charge in [-0.2, -0.15) is 0 Å². The summed E-state index contributed by atoms with van der Waals surface area (Å²) in [6.45, 7) is 3.49. The number of thioether (sulfide) groups is 1. The van der Waals surface area contributed by atoms with Gasteiger partial charge in [-0.3, -0.25) is 4.79 Å². The molecule has 2 heterocycles. The number of aliphatic hydroxyl groups is 1. The Kier molecular flexibility index (Phi) is 7.23.